The number of hydrogen-bond acceptors (Lipinski definition) is 13. The molecule has 1 amide bonds. The Kier molecular flexibility index (Phi) is 13.0. The van der Waals surface area contributed by atoms with E-state index in [9.17, 15) is 45.6 Å². The SMILES string of the molecule is CNCCN(C)CCNC(=O)C(O)C(O)C(O[C@@H]1OC(CO)[C@H](O)[C@H](O)C1O)C(O)CO. The van der Waals surface area contributed by atoms with Gasteiger partial charge in [0.05, 0.1) is 13.2 Å². The Balaban J connectivity index is 2.76. The summed E-state index contributed by atoms with van der Waals surface area (Å²) >= 11 is 0. The molecule has 190 valence electrons. The van der Waals surface area contributed by atoms with Crippen LogP contribution in [0.2, 0.25) is 0 Å². The lowest BCUT2D eigenvalue weighted by atomic mass is 9.98. The monoisotopic (exact) mass is 471 g/mol. The summed E-state index contributed by atoms with van der Waals surface area (Å²) in [5.74, 6) is -0.966. The van der Waals surface area contributed by atoms with Gasteiger partial charge in [-0.1, -0.05) is 0 Å². The van der Waals surface area contributed by atoms with E-state index in [0.717, 1.165) is 13.1 Å². The van der Waals surface area contributed by atoms with Gasteiger partial charge in [-0.15, -0.1) is 0 Å². The molecule has 0 aromatic heterocycles. The first kappa shape index (κ1) is 29.0. The van der Waals surface area contributed by atoms with E-state index in [1.54, 1.807) is 7.05 Å². The third kappa shape index (κ3) is 8.09. The van der Waals surface area contributed by atoms with Gasteiger partial charge in [0.2, 0.25) is 0 Å². The molecular weight excluding hydrogens is 434 g/mol. The Hall–Kier alpha value is -1.01. The summed E-state index contributed by atoms with van der Waals surface area (Å²) in [7, 11) is 3.63. The molecule has 1 fully saturated rings. The lowest BCUT2D eigenvalue weighted by molar-refractivity contribution is -0.326. The van der Waals surface area contributed by atoms with Crippen LogP contribution in [0, 0.1) is 0 Å². The molecule has 0 saturated carbocycles. The predicted octanol–water partition coefficient (Wildman–Crippen LogP) is -6.49. The maximum absolute atomic E-state index is 12.2. The molecule has 1 aliphatic heterocycles. The fourth-order valence-electron chi connectivity index (χ4n) is 3.06. The molecule has 1 aliphatic rings. The fraction of sp³-hybridized carbons (Fsp3) is 0.944. The van der Waals surface area contributed by atoms with Crippen molar-refractivity contribution in [2.24, 2.45) is 0 Å². The molecule has 0 spiro atoms. The Bertz CT molecular complexity index is 544. The molecule has 9 atom stereocenters. The largest absolute Gasteiger partial charge is 0.394 e. The Morgan fingerprint density at radius 1 is 1.06 bits per heavy atom. The van der Waals surface area contributed by atoms with Crippen molar-refractivity contribution in [2.45, 2.75) is 55.1 Å². The maximum atomic E-state index is 12.2. The van der Waals surface area contributed by atoms with Gasteiger partial charge in [-0.2, -0.15) is 0 Å². The average Bonchev–Trinajstić information content (AvgIpc) is 2.79. The van der Waals surface area contributed by atoms with Crippen molar-refractivity contribution in [3.63, 3.8) is 0 Å². The van der Waals surface area contributed by atoms with E-state index < -0.39 is 74.2 Å². The molecule has 14 heteroatoms. The molecule has 0 aromatic rings. The smallest absolute Gasteiger partial charge is 0.251 e. The fourth-order valence-corrected chi connectivity index (χ4v) is 3.06. The molecule has 0 radical (unpaired) electrons. The second-order valence-corrected chi connectivity index (χ2v) is 7.68. The lowest BCUT2D eigenvalue weighted by Gasteiger charge is -2.42. The minimum atomic E-state index is -2.08. The molecule has 6 unspecified atom stereocenters. The van der Waals surface area contributed by atoms with E-state index in [0.29, 0.717) is 6.54 Å². The molecule has 0 aromatic carbocycles. The van der Waals surface area contributed by atoms with E-state index in [2.05, 4.69) is 10.6 Å². The van der Waals surface area contributed by atoms with Gasteiger partial charge >= 0.3 is 0 Å². The summed E-state index contributed by atoms with van der Waals surface area (Å²) in [6.45, 7) is 0.388. The summed E-state index contributed by atoms with van der Waals surface area (Å²) in [4.78, 5) is 14.1. The topological polar surface area (TPSA) is 225 Å². The number of amides is 1. The summed E-state index contributed by atoms with van der Waals surface area (Å²) in [6.07, 6.45) is -16.2. The molecule has 0 bridgehead atoms. The molecule has 10 N–H and O–H groups in total. The Morgan fingerprint density at radius 2 is 1.69 bits per heavy atom. The van der Waals surface area contributed by atoms with Crippen LogP contribution < -0.4 is 10.6 Å². The van der Waals surface area contributed by atoms with Crippen LogP contribution in [0.4, 0.5) is 0 Å². The number of ether oxygens (including phenoxy) is 2. The van der Waals surface area contributed by atoms with Crippen LogP contribution in [0.1, 0.15) is 0 Å². The highest BCUT2D eigenvalue weighted by Crippen LogP contribution is 2.25. The van der Waals surface area contributed by atoms with Crippen molar-refractivity contribution >= 4 is 5.91 Å². The molecule has 14 nitrogen and oxygen atoms in total. The highest BCUT2D eigenvalue weighted by Gasteiger charge is 2.47. The number of nitrogens with zero attached hydrogens (tertiary/aromatic N) is 1. The summed E-state index contributed by atoms with van der Waals surface area (Å²) < 4.78 is 10.4. The molecular formula is C18H37N3O11. The lowest BCUT2D eigenvalue weighted by Crippen LogP contribution is -2.62. The number of carbonyl (C=O) groups excluding carboxylic acids is 1. The van der Waals surface area contributed by atoms with Gasteiger partial charge < -0.3 is 65.9 Å². The van der Waals surface area contributed by atoms with Crippen LogP contribution in [0.5, 0.6) is 0 Å². The normalized spacial score (nSPS) is 30.0. The van der Waals surface area contributed by atoms with Gasteiger partial charge in [0.15, 0.2) is 12.4 Å². The number of likely N-dealkylation sites (N-methyl/N-ethyl adjacent to an activating group) is 2. The van der Waals surface area contributed by atoms with E-state index >= 15 is 0 Å². The zero-order valence-corrected chi connectivity index (χ0v) is 18.2. The number of rotatable bonds is 14. The number of hydrogen-bond donors (Lipinski definition) is 10. The number of nitrogens with one attached hydrogen (secondary N) is 2. The minimum Gasteiger partial charge on any atom is -0.394 e. The van der Waals surface area contributed by atoms with Gasteiger partial charge in [0.25, 0.3) is 5.91 Å². The van der Waals surface area contributed by atoms with Crippen molar-refractivity contribution in [1.82, 2.24) is 15.5 Å². The van der Waals surface area contributed by atoms with E-state index in [1.807, 2.05) is 11.9 Å². The maximum Gasteiger partial charge on any atom is 0.251 e. The molecule has 0 aliphatic carbocycles. The minimum absolute atomic E-state index is 0.156. The van der Waals surface area contributed by atoms with E-state index in [-0.39, 0.29) is 6.54 Å². The Labute approximate surface area is 186 Å². The van der Waals surface area contributed by atoms with Crippen molar-refractivity contribution in [1.29, 1.82) is 0 Å². The standard InChI is InChI=1S/C18H37N3O11/c1-19-3-5-21(2)6-4-20-17(30)14(28)13(27)16(9(24)7-22)32-18-15(29)12(26)11(25)10(8-23)31-18/h9-16,18-19,22-29H,3-8H2,1-2H3,(H,20,30)/t9?,10?,11-,12-,13?,14?,15?,16?,18-/m0/s1. The van der Waals surface area contributed by atoms with Crippen LogP contribution in [0.25, 0.3) is 0 Å². The van der Waals surface area contributed by atoms with Gasteiger partial charge in [-0.3, -0.25) is 4.79 Å². The molecule has 1 rings (SSSR count). The van der Waals surface area contributed by atoms with E-state index in [4.69, 9.17) is 9.47 Å². The van der Waals surface area contributed by atoms with Crippen molar-refractivity contribution in [3.8, 4) is 0 Å². The second kappa shape index (κ2) is 14.3. The summed E-state index contributed by atoms with van der Waals surface area (Å²) in [6, 6.07) is 0. The van der Waals surface area contributed by atoms with Crippen LogP contribution in [-0.4, -0.2) is 160 Å². The highest BCUT2D eigenvalue weighted by atomic mass is 16.7. The molecule has 32 heavy (non-hydrogen) atoms. The van der Waals surface area contributed by atoms with Crippen LogP contribution in [0.15, 0.2) is 0 Å². The van der Waals surface area contributed by atoms with E-state index in [1.165, 1.54) is 0 Å². The van der Waals surface area contributed by atoms with Crippen LogP contribution in [-0.2, 0) is 14.3 Å². The average molecular weight is 472 g/mol. The van der Waals surface area contributed by atoms with Gasteiger partial charge in [-0.25, -0.2) is 0 Å². The zero-order valence-electron chi connectivity index (χ0n) is 18.2. The predicted molar refractivity (Wildman–Crippen MR) is 108 cm³/mol. The Morgan fingerprint density at radius 3 is 2.25 bits per heavy atom. The number of aliphatic hydroxyl groups is 8. The van der Waals surface area contributed by atoms with Crippen LogP contribution >= 0.6 is 0 Å². The number of carbonyl (C=O) groups is 1. The highest BCUT2D eigenvalue weighted by molar-refractivity contribution is 5.81. The van der Waals surface area contributed by atoms with Gasteiger partial charge in [-0.05, 0) is 14.1 Å². The summed E-state index contributed by atoms with van der Waals surface area (Å²) in [5, 5.41) is 84.3. The summed E-state index contributed by atoms with van der Waals surface area (Å²) in [5.41, 5.74) is 0. The molecule has 1 heterocycles. The van der Waals surface area contributed by atoms with Gasteiger partial charge in [0, 0.05) is 26.2 Å². The second-order valence-electron chi connectivity index (χ2n) is 7.68. The van der Waals surface area contributed by atoms with Crippen molar-refractivity contribution in [2.75, 3.05) is 53.5 Å². The number of aliphatic hydroxyl groups excluding tert-OH is 8. The van der Waals surface area contributed by atoms with Crippen LogP contribution in [0.3, 0.4) is 0 Å². The van der Waals surface area contributed by atoms with Gasteiger partial charge in [0.1, 0.15) is 42.7 Å². The zero-order chi connectivity index (χ0) is 24.4. The van der Waals surface area contributed by atoms with Crippen molar-refractivity contribution < 1.29 is 55.1 Å². The van der Waals surface area contributed by atoms with Crippen molar-refractivity contribution in [3.05, 3.63) is 0 Å². The third-order valence-corrected chi connectivity index (χ3v) is 5.17. The quantitative estimate of drug-likeness (QED) is 0.114. The molecule has 1 saturated heterocycles. The first-order chi connectivity index (χ1) is 15.1. The third-order valence-electron chi connectivity index (χ3n) is 5.17. The first-order valence-electron chi connectivity index (χ1n) is 10.3. The first-order valence-corrected chi connectivity index (χ1v) is 10.3.